The topological polar surface area (TPSA) is 39.7 Å². The van der Waals surface area contributed by atoms with Gasteiger partial charge in [0, 0.05) is 6.54 Å². The number of halogens is 3. The number of carbonyl (C=O) groups is 1. The van der Waals surface area contributed by atoms with E-state index in [2.05, 4.69) is 9.88 Å². The second-order valence-corrected chi connectivity index (χ2v) is 10.1. The van der Waals surface area contributed by atoms with E-state index in [0.29, 0.717) is 43.1 Å². The lowest BCUT2D eigenvalue weighted by atomic mass is 9.58. The Kier molecular flexibility index (Phi) is 5.19. The van der Waals surface area contributed by atoms with Crippen molar-refractivity contribution in [3.63, 3.8) is 0 Å². The van der Waals surface area contributed by atoms with E-state index >= 15 is 0 Å². The number of aromatic nitrogens is 1. The zero-order chi connectivity index (χ0) is 23.5. The first-order chi connectivity index (χ1) is 15.6. The zero-order valence-corrected chi connectivity index (χ0v) is 19.2. The first-order valence-corrected chi connectivity index (χ1v) is 11.4. The molecule has 5 rings (SSSR count). The van der Waals surface area contributed by atoms with Gasteiger partial charge in [0.2, 0.25) is 0 Å². The summed E-state index contributed by atoms with van der Waals surface area (Å²) in [6, 6.07) is 7.98. The van der Waals surface area contributed by atoms with Crippen molar-refractivity contribution >= 4 is 11.7 Å². The van der Waals surface area contributed by atoms with Gasteiger partial charge in [-0.15, -0.1) is 0 Å². The van der Waals surface area contributed by atoms with Crippen molar-refractivity contribution in [2.45, 2.75) is 50.1 Å². The van der Waals surface area contributed by atoms with Gasteiger partial charge in [-0.3, -0.25) is 14.8 Å². The number of hydrogen-bond donors (Lipinski definition) is 0. The summed E-state index contributed by atoms with van der Waals surface area (Å²) in [5, 5.41) is 0. The Bertz CT molecular complexity index is 1080. The van der Waals surface area contributed by atoms with E-state index in [-0.39, 0.29) is 28.6 Å². The summed E-state index contributed by atoms with van der Waals surface area (Å²) in [6.45, 7) is 2.91. The number of alkyl halides is 2. The number of pyridine rings is 1. The van der Waals surface area contributed by atoms with Gasteiger partial charge in [0.15, 0.2) is 0 Å². The lowest BCUT2D eigenvalue weighted by Crippen LogP contribution is -2.67. The third-order valence-electron chi connectivity index (χ3n) is 7.70. The van der Waals surface area contributed by atoms with Crippen molar-refractivity contribution in [3.8, 4) is 0 Å². The maximum Gasteiger partial charge on any atom is 0.325 e. The smallest absolute Gasteiger partial charge is 0.316 e. The average molecular weight is 459 g/mol. The first-order valence-electron chi connectivity index (χ1n) is 11.4. The molecule has 1 spiro atoms. The zero-order valence-electron chi connectivity index (χ0n) is 19.2. The molecular formula is C25H29F3N4O. The Morgan fingerprint density at radius 3 is 2.52 bits per heavy atom. The Morgan fingerprint density at radius 2 is 1.94 bits per heavy atom. The van der Waals surface area contributed by atoms with E-state index in [1.165, 1.54) is 18.3 Å². The number of rotatable bonds is 6. The SMILES string of the molecule is Cc1cc(C(F)F)ncc1N1C[C@]2(C[C@](c3cccc(F)c3)(N(C)C)C2)N(CC2CC2)C1=O. The summed E-state index contributed by atoms with van der Waals surface area (Å²) >= 11 is 0. The summed E-state index contributed by atoms with van der Waals surface area (Å²) in [4.78, 5) is 23.3. The van der Waals surface area contributed by atoms with Gasteiger partial charge >= 0.3 is 6.03 Å². The first kappa shape index (κ1) is 22.2. The van der Waals surface area contributed by atoms with Crippen LogP contribution in [0.3, 0.4) is 0 Å². The molecule has 0 unspecified atom stereocenters. The normalized spacial score (nSPS) is 27.2. The van der Waals surface area contributed by atoms with Crippen LogP contribution in [0.2, 0.25) is 0 Å². The van der Waals surface area contributed by atoms with Crippen molar-refractivity contribution in [2.24, 2.45) is 5.92 Å². The standard InChI is InChI=1S/C25H29F3N4O/c1-16-9-20(22(27)28)29-11-21(16)31-15-24(32(23(31)33)12-17-7-8-17)13-25(14-24,30(2)3)18-5-4-6-19(26)10-18/h4-6,9-11,17,22H,7-8,12-15H2,1-3H3/t24-,25+. The van der Waals surface area contributed by atoms with Crippen molar-refractivity contribution in [1.29, 1.82) is 0 Å². The molecule has 2 amide bonds. The van der Waals surface area contributed by atoms with E-state index in [1.807, 2.05) is 25.1 Å². The number of hydrogen-bond acceptors (Lipinski definition) is 3. The maximum atomic E-state index is 14.1. The minimum atomic E-state index is -2.65. The molecule has 0 N–H and O–H groups in total. The molecule has 1 aliphatic heterocycles. The fourth-order valence-corrected chi connectivity index (χ4v) is 5.68. The summed E-state index contributed by atoms with van der Waals surface area (Å²) in [6.07, 6.45) is 2.36. The molecule has 33 heavy (non-hydrogen) atoms. The number of amides is 2. The van der Waals surface area contributed by atoms with Crippen molar-refractivity contribution in [2.75, 3.05) is 32.1 Å². The molecule has 2 heterocycles. The fraction of sp³-hybridized carbons (Fsp3) is 0.520. The highest BCUT2D eigenvalue weighted by molar-refractivity contribution is 5.96. The highest BCUT2D eigenvalue weighted by atomic mass is 19.3. The third-order valence-corrected chi connectivity index (χ3v) is 7.70. The molecule has 3 fully saturated rings. The third kappa shape index (κ3) is 3.59. The van der Waals surface area contributed by atoms with Gasteiger partial charge in [-0.25, -0.2) is 18.0 Å². The molecule has 1 aromatic carbocycles. The van der Waals surface area contributed by atoms with Crippen LogP contribution in [-0.4, -0.2) is 53.5 Å². The van der Waals surface area contributed by atoms with Crippen LogP contribution < -0.4 is 4.90 Å². The quantitative estimate of drug-likeness (QED) is 0.604. The summed E-state index contributed by atoms with van der Waals surface area (Å²) in [7, 11) is 3.99. The molecule has 1 aromatic heterocycles. The fourth-order valence-electron chi connectivity index (χ4n) is 5.68. The largest absolute Gasteiger partial charge is 0.325 e. The lowest BCUT2D eigenvalue weighted by molar-refractivity contribution is -0.0681. The Hall–Kier alpha value is -2.61. The second kappa shape index (κ2) is 7.72. The maximum absolute atomic E-state index is 14.1. The number of nitrogens with zero attached hydrogens (tertiary/aromatic N) is 4. The van der Waals surface area contributed by atoms with Crippen LogP contribution >= 0.6 is 0 Å². The molecule has 3 aliphatic rings. The number of urea groups is 1. The molecule has 2 aliphatic carbocycles. The van der Waals surface area contributed by atoms with Gasteiger partial charge in [0.1, 0.15) is 11.5 Å². The van der Waals surface area contributed by atoms with E-state index in [0.717, 1.165) is 18.4 Å². The number of carbonyl (C=O) groups excluding carboxylic acids is 1. The van der Waals surface area contributed by atoms with Gasteiger partial charge in [-0.05, 0) is 81.9 Å². The van der Waals surface area contributed by atoms with Crippen LogP contribution in [0.4, 0.5) is 23.7 Å². The minimum absolute atomic E-state index is 0.0943. The molecule has 176 valence electrons. The second-order valence-electron chi connectivity index (χ2n) is 10.1. The van der Waals surface area contributed by atoms with Crippen LogP contribution in [0.25, 0.3) is 0 Å². The number of aryl methyl sites for hydroxylation is 1. The van der Waals surface area contributed by atoms with E-state index in [4.69, 9.17) is 0 Å². The Balaban J connectivity index is 1.49. The van der Waals surface area contributed by atoms with Crippen LogP contribution in [0, 0.1) is 18.7 Å². The molecule has 2 saturated carbocycles. The molecule has 0 radical (unpaired) electrons. The molecule has 0 bridgehead atoms. The summed E-state index contributed by atoms with van der Waals surface area (Å²) < 4.78 is 40.3. The molecular weight excluding hydrogens is 429 g/mol. The molecule has 0 atom stereocenters. The monoisotopic (exact) mass is 458 g/mol. The predicted octanol–water partition coefficient (Wildman–Crippen LogP) is 5.11. The van der Waals surface area contributed by atoms with Crippen molar-refractivity contribution in [3.05, 3.63) is 59.2 Å². The van der Waals surface area contributed by atoms with Crippen LogP contribution in [0.1, 0.15) is 48.9 Å². The Morgan fingerprint density at radius 1 is 1.21 bits per heavy atom. The number of anilines is 1. The van der Waals surface area contributed by atoms with Gasteiger partial charge < -0.3 is 4.90 Å². The van der Waals surface area contributed by atoms with Gasteiger partial charge in [0.25, 0.3) is 6.43 Å². The predicted molar refractivity (Wildman–Crippen MR) is 120 cm³/mol. The molecule has 8 heteroatoms. The van der Waals surface area contributed by atoms with Gasteiger partial charge in [-0.2, -0.15) is 0 Å². The Labute approximate surface area is 192 Å². The lowest BCUT2D eigenvalue weighted by Gasteiger charge is -2.60. The van der Waals surface area contributed by atoms with Crippen molar-refractivity contribution in [1.82, 2.24) is 14.8 Å². The summed E-state index contributed by atoms with van der Waals surface area (Å²) in [5.74, 6) is 0.240. The highest BCUT2D eigenvalue weighted by Crippen LogP contribution is 2.58. The van der Waals surface area contributed by atoms with Crippen LogP contribution in [0.5, 0.6) is 0 Å². The van der Waals surface area contributed by atoms with Gasteiger partial charge in [-0.1, -0.05) is 12.1 Å². The molecule has 1 saturated heterocycles. The molecule has 5 nitrogen and oxygen atoms in total. The summed E-state index contributed by atoms with van der Waals surface area (Å²) in [5.41, 5.74) is 1.07. The average Bonchev–Trinajstić information content (AvgIpc) is 3.51. The van der Waals surface area contributed by atoms with E-state index in [9.17, 15) is 18.0 Å². The van der Waals surface area contributed by atoms with E-state index < -0.39 is 6.43 Å². The van der Waals surface area contributed by atoms with Crippen molar-refractivity contribution < 1.29 is 18.0 Å². The van der Waals surface area contributed by atoms with Gasteiger partial charge in [0.05, 0.1) is 29.5 Å². The molecule has 2 aromatic rings. The van der Waals surface area contributed by atoms with Crippen LogP contribution in [0.15, 0.2) is 36.5 Å². The minimum Gasteiger partial charge on any atom is -0.316 e. The van der Waals surface area contributed by atoms with Crippen LogP contribution in [-0.2, 0) is 5.54 Å². The number of benzene rings is 1. The van der Waals surface area contributed by atoms with E-state index in [1.54, 1.807) is 24.0 Å². The highest BCUT2D eigenvalue weighted by Gasteiger charge is 2.65.